The maximum Gasteiger partial charge on any atom is 0.257 e. The Morgan fingerprint density at radius 1 is 1.13 bits per heavy atom. The SMILES string of the molecule is CCCNC(=O)c1cccc(NC(=O)c2ccc3c(c2)SC2=NS(=O)(=O)CCN23)c1. The fourth-order valence-electron chi connectivity index (χ4n) is 3.15. The maximum atomic E-state index is 12.7. The number of amidine groups is 1. The summed E-state index contributed by atoms with van der Waals surface area (Å²) in [7, 11) is -3.43. The summed E-state index contributed by atoms with van der Waals surface area (Å²) in [6, 6.07) is 12.0. The van der Waals surface area contributed by atoms with Gasteiger partial charge in [0.2, 0.25) is 0 Å². The van der Waals surface area contributed by atoms with E-state index in [0.717, 1.165) is 17.0 Å². The average molecular weight is 445 g/mol. The molecule has 2 aromatic carbocycles. The van der Waals surface area contributed by atoms with Crippen LogP contribution in [0.4, 0.5) is 11.4 Å². The molecule has 0 spiro atoms. The van der Waals surface area contributed by atoms with Gasteiger partial charge in [-0.2, -0.15) is 0 Å². The first-order chi connectivity index (χ1) is 14.4. The number of fused-ring (bicyclic) bond motifs is 3. The average Bonchev–Trinajstić information content (AvgIpc) is 3.07. The molecule has 2 amide bonds. The lowest BCUT2D eigenvalue weighted by atomic mass is 10.1. The first kappa shape index (κ1) is 20.4. The molecule has 4 rings (SSSR count). The van der Waals surface area contributed by atoms with Crippen LogP contribution in [-0.2, 0) is 10.0 Å². The van der Waals surface area contributed by atoms with E-state index in [9.17, 15) is 18.0 Å². The Balaban J connectivity index is 1.51. The molecule has 2 N–H and O–H groups in total. The third-order valence-corrected chi connectivity index (χ3v) is 6.96. The summed E-state index contributed by atoms with van der Waals surface area (Å²) in [5.74, 6) is -0.529. The zero-order valence-corrected chi connectivity index (χ0v) is 17.8. The molecule has 0 aliphatic carbocycles. The van der Waals surface area contributed by atoms with Gasteiger partial charge in [0.1, 0.15) is 0 Å². The van der Waals surface area contributed by atoms with Crippen molar-refractivity contribution in [1.29, 1.82) is 0 Å². The molecule has 10 heteroatoms. The number of benzene rings is 2. The zero-order chi connectivity index (χ0) is 21.3. The molecule has 0 aromatic heterocycles. The minimum atomic E-state index is -3.43. The van der Waals surface area contributed by atoms with E-state index in [1.54, 1.807) is 42.5 Å². The largest absolute Gasteiger partial charge is 0.352 e. The Bertz CT molecular complexity index is 1160. The molecule has 8 nitrogen and oxygen atoms in total. The molecule has 30 heavy (non-hydrogen) atoms. The summed E-state index contributed by atoms with van der Waals surface area (Å²) in [5.41, 5.74) is 2.28. The van der Waals surface area contributed by atoms with Gasteiger partial charge < -0.3 is 15.5 Å². The Kier molecular flexibility index (Phi) is 5.52. The van der Waals surface area contributed by atoms with Gasteiger partial charge in [0.25, 0.3) is 21.8 Å². The van der Waals surface area contributed by atoms with Crippen LogP contribution in [0.3, 0.4) is 0 Å². The normalized spacial score (nSPS) is 16.3. The molecule has 2 heterocycles. The summed E-state index contributed by atoms with van der Waals surface area (Å²) >= 11 is 1.24. The van der Waals surface area contributed by atoms with Gasteiger partial charge in [-0.05, 0) is 54.6 Å². The van der Waals surface area contributed by atoms with Crippen LogP contribution in [0.2, 0.25) is 0 Å². The second kappa shape index (κ2) is 8.11. The topological polar surface area (TPSA) is 108 Å². The minimum absolute atomic E-state index is 0.0269. The molecule has 0 saturated carbocycles. The van der Waals surface area contributed by atoms with Crippen LogP contribution in [0.25, 0.3) is 0 Å². The Labute approximate surface area is 178 Å². The van der Waals surface area contributed by atoms with E-state index in [2.05, 4.69) is 15.0 Å². The lowest BCUT2D eigenvalue weighted by Crippen LogP contribution is -2.35. The van der Waals surface area contributed by atoms with E-state index in [4.69, 9.17) is 0 Å². The van der Waals surface area contributed by atoms with Gasteiger partial charge in [-0.25, -0.2) is 8.42 Å². The van der Waals surface area contributed by atoms with E-state index in [1.807, 2.05) is 11.8 Å². The van der Waals surface area contributed by atoms with Crippen LogP contribution in [0, 0.1) is 0 Å². The highest BCUT2D eigenvalue weighted by atomic mass is 32.2. The van der Waals surface area contributed by atoms with Crippen molar-refractivity contribution in [2.75, 3.05) is 29.1 Å². The molecular formula is C20H20N4O4S2. The molecule has 0 bridgehead atoms. The molecule has 2 aliphatic rings. The second-order valence-corrected chi connectivity index (χ2v) is 9.65. The van der Waals surface area contributed by atoms with Crippen molar-refractivity contribution < 1.29 is 18.0 Å². The summed E-state index contributed by atoms with van der Waals surface area (Å²) in [4.78, 5) is 27.5. The Morgan fingerprint density at radius 3 is 2.73 bits per heavy atom. The van der Waals surface area contributed by atoms with Crippen LogP contribution in [0.15, 0.2) is 51.8 Å². The number of hydrogen-bond donors (Lipinski definition) is 2. The van der Waals surface area contributed by atoms with Gasteiger partial charge in [-0.15, -0.1) is 4.40 Å². The molecule has 2 aromatic rings. The highest BCUT2D eigenvalue weighted by Crippen LogP contribution is 2.42. The highest BCUT2D eigenvalue weighted by molar-refractivity contribution is 8.15. The number of anilines is 2. The number of nitrogens with one attached hydrogen (secondary N) is 2. The zero-order valence-electron chi connectivity index (χ0n) is 16.2. The molecule has 0 fully saturated rings. The number of carbonyl (C=O) groups excluding carboxylic acids is 2. The van der Waals surface area contributed by atoms with Gasteiger partial charge in [-0.1, -0.05) is 13.0 Å². The second-order valence-electron chi connectivity index (χ2n) is 6.89. The van der Waals surface area contributed by atoms with Crippen molar-refractivity contribution >= 4 is 50.1 Å². The number of hydrogen-bond acceptors (Lipinski definition) is 6. The van der Waals surface area contributed by atoms with Gasteiger partial charge in [0, 0.05) is 34.8 Å². The highest BCUT2D eigenvalue weighted by Gasteiger charge is 2.33. The molecule has 0 unspecified atom stereocenters. The fraction of sp³-hybridized carbons (Fsp3) is 0.250. The molecule has 0 saturated heterocycles. The van der Waals surface area contributed by atoms with E-state index >= 15 is 0 Å². The van der Waals surface area contributed by atoms with Gasteiger partial charge in [0.15, 0.2) is 5.17 Å². The maximum absolute atomic E-state index is 12.7. The predicted molar refractivity (Wildman–Crippen MR) is 118 cm³/mol. The van der Waals surface area contributed by atoms with Gasteiger partial charge >= 0.3 is 0 Å². The summed E-state index contributed by atoms with van der Waals surface area (Å²) in [5, 5.41) is 6.03. The van der Waals surface area contributed by atoms with Crippen molar-refractivity contribution in [2.24, 2.45) is 4.40 Å². The number of rotatable bonds is 5. The molecule has 0 atom stereocenters. The van der Waals surface area contributed by atoms with E-state index in [1.165, 1.54) is 11.8 Å². The number of thioether (sulfide) groups is 1. The third-order valence-electron chi connectivity index (χ3n) is 4.65. The van der Waals surface area contributed by atoms with Gasteiger partial charge in [0.05, 0.1) is 11.4 Å². The number of amides is 2. The summed E-state index contributed by atoms with van der Waals surface area (Å²) in [6.07, 6.45) is 0.842. The van der Waals surface area contributed by atoms with Crippen molar-refractivity contribution in [2.45, 2.75) is 18.2 Å². The first-order valence-corrected chi connectivity index (χ1v) is 11.9. The minimum Gasteiger partial charge on any atom is -0.352 e. The lowest BCUT2D eigenvalue weighted by Gasteiger charge is -2.22. The van der Waals surface area contributed by atoms with Crippen LogP contribution >= 0.6 is 11.8 Å². The smallest absolute Gasteiger partial charge is 0.257 e. The molecular weight excluding hydrogens is 424 g/mol. The van der Waals surface area contributed by atoms with Crippen LogP contribution < -0.4 is 15.5 Å². The van der Waals surface area contributed by atoms with Crippen molar-refractivity contribution in [3.8, 4) is 0 Å². The van der Waals surface area contributed by atoms with E-state index < -0.39 is 10.0 Å². The van der Waals surface area contributed by atoms with Crippen LogP contribution in [0.1, 0.15) is 34.1 Å². The Morgan fingerprint density at radius 2 is 1.93 bits per heavy atom. The van der Waals surface area contributed by atoms with Gasteiger partial charge in [-0.3, -0.25) is 9.59 Å². The summed E-state index contributed by atoms with van der Waals surface area (Å²) in [6.45, 7) is 2.91. The summed E-state index contributed by atoms with van der Waals surface area (Å²) < 4.78 is 27.3. The molecule has 156 valence electrons. The van der Waals surface area contributed by atoms with Crippen LogP contribution in [0.5, 0.6) is 0 Å². The van der Waals surface area contributed by atoms with Crippen molar-refractivity contribution in [3.63, 3.8) is 0 Å². The number of carbonyl (C=O) groups is 2. The molecule has 2 aliphatic heterocycles. The van der Waals surface area contributed by atoms with E-state index in [-0.39, 0.29) is 17.6 Å². The van der Waals surface area contributed by atoms with E-state index in [0.29, 0.717) is 35.1 Å². The monoisotopic (exact) mass is 444 g/mol. The third kappa shape index (κ3) is 4.19. The fourth-order valence-corrected chi connectivity index (χ4v) is 5.45. The molecule has 0 radical (unpaired) electrons. The lowest BCUT2D eigenvalue weighted by molar-refractivity contribution is 0.0952. The number of nitrogens with zero attached hydrogens (tertiary/aromatic N) is 2. The van der Waals surface area contributed by atoms with Crippen molar-refractivity contribution in [3.05, 3.63) is 53.6 Å². The quantitative estimate of drug-likeness (QED) is 0.734. The predicted octanol–water partition coefficient (Wildman–Crippen LogP) is 2.69. The number of sulfonamides is 1. The standard InChI is InChI=1S/C20H20N4O4S2/c1-2-8-21-18(25)13-4-3-5-15(11-13)22-19(26)14-6-7-16-17(12-14)29-20-23-30(27,28)10-9-24(16)20/h3-7,11-12H,2,8-10H2,1H3,(H,21,25)(H,22,26). The van der Waals surface area contributed by atoms with Crippen LogP contribution in [-0.4, -0.2) is 44.2 Å². The Hall–Kier alpha value is -2.85. The first-order valence-electron chi connectivity index (χ1n) is 9.48. The van der Waals surface area contributed by atoms with Crippen molar-refractivity contribution in [1.82, 2.24) is 5.32 Å².